The summed E-state index contributed by atoms with van der Waals surface area (Å²) in [5.41, 5.74) is 2.46. The minimum atomic E-state index is -0.394. The number of carbonyl (C=O) groups is 2. The van der Waals surface area contributed by atoms with E-state index >= 15 is 0 Å². The number of hydrogen-bond acceptors (Lipinski definition) is 4. The third kappa shape index (κ3) is 3.80. The summed E-state index contributed by atoms with van der Waals surface area (Å²) in [6, 6.07) is 0.701. The van der Waals surface area contributed by atoms with Gasteiger partial charge in [0.25, 0.3) is 5.91 Å². The molecule has 144 valence electrons. The monoisotopic (exact) mass is 361 g/mol. The Balaban J connectivity index is 1.66. The van der Waals surface area contributed by atoms with Crippen LogP contribution in [0, 0.1) is 13.8 Å². The maximum atomic E-state index is 13.1. The van der Waals surface area contributed by atoms with Crippen LogP contribution < -0.4 is 0 Å². The zero-order valence-electron chi connectivity index (χ0n) is 16.3. The van der Waals surface area contributed by atoms with E-state index in [4.69, 9.17) is 4.74 Å². The Labute approximate surface area is 155 Å². The summed E-state index contributed by atoms with van der Waals surface area (Å²) >= 11 is 0. The number of esters is 1. The molecule has 0 spiro atoms. The Morgan fingerprint density at radius 2 is 1.73 bits per heavy atom. The van der Waals surface area contributed by atoms with Crippen LogP contribution in [0.15, 0.2) is 0 Å². The summed E-state index contributed by atoms with van der Waals surface area (Å²) in [6.07, 6.45) is 6.63. The van der Waals surface area contributed by atoms with Crippen LogP contribution >= 0.6 is 0 Å². The van der Waals surface area contributed by atoms with Gasteiger partial charge in [0.05, 0.1) is 12.2 Å². The van der Waals surface area contributed by atoms with Crippen LogP contribution in [-0.2, 0) is 4.74 Å². The first kappa shape index (κ1) is 19.0. The van der Waals surface area contributed by atoms with Gasteiger partial charge in [0.1, 0.15) is 5.69 Å². The Morgan fingerprint density at radius 1 is 1.08 bits per heavy atom. The fourth-order valence-electron chi connectivity index (χ4n) is 4.37. The van der Waals surface area contributed by atoms with Crippen molar-refractivity contribution in [3.8, 4) is 0 Å². The van der Waals surface area contributed by atoms with Crippen molar-refractivity contribution in [1.82, 2.24) is 14.8 Å². The number of carbonyl (C=O) groups excluding carboxylic acids is 2. The van der Waals surface area contributed by atoms with Crippen molar-refractivity contribution in [2.45, 2.75) is 58.9 Å². The highest BCUT2D eigenvalue weighted by Crippen LogP contribution is 2.25. The van der Waals surface area contributed by atoms with Crippen molar-refractivity contribution in [2.75, 3.05) is 32.8 Å². The number of piperazine rings is 1. The third-order valence-corrected chi connectivity index (χ3v) is 5.82. The highest BCUT2D eigenvalue weighted by molar-refractivity contribution is 6.01. The zero-order chi connectivity index (χ0) is 18.7. The fourth-order valence-corrected chi connectivity index (χ4v) is 4.37. The molecule has 0 aromatic carbocycles. The predicted molar refractivity (Wildman–Crippen MR) is 101 cm³/mol. The number of rotatable bonds is 4. The number of aryl methyl sites for hydroxylation is 1. The first-order valence-electron chi connectivity index (χ1n) is 9.92. The molecule has 6 heteroatoms. The minimum absolute atomic E-state index is 0.0232. The van der Waals surface area contributed by atoms with Gasteiger partial charge in [-0.2, -0.15) is 0 Å². The molecular weight excluding hydrogens is 330 g/mol. The van der Waals surface area contributed by atoms with Gasteiger partial charge in [-0.05, 0) is 39.2 Å². The standard InChI is InChI=1S/C20H31N3O3/c1-4-26-20(25)18-14(2)17(15(3)21-18)19(24)23-12-10-22(11-13-23)16-8-6-5-7-9-16/h16,21H,4-13H2,1-3H3. The Hall–Kier alpha value is -1.82. The van der Waals surface area contributed by atoms with Crippen LogP contribution in [0.1, 0.15) is 71.1 Å². The first-order valence-corrected chi connectivity index (χ1v) is 9.92. The molecule has 1 amide bonds. The summed E-state index contributed by atoms with van der Waals surface area (Å²) in [6.45, 7) is 9.18. The van der Waals surface area contributed by atoms with Crippen LogP contribution in [0.5, 0.6) is 0 Å². The number of ether oxygens (including phenoxy) is 1. The van der Waals surface area contributed by atoms with E-state index in [1.807, 2.05) is 18.7 Å². The largest absolute Gasteiger partial charge is 0.461 e. The van der Waals surface area contributed by atoms with Crippen LogP contribution in [0.25, 0.3) is 0 Å². The second-order valence-electron chi connectivity index (χ2n) is 7.47. The molecule has 1 aliphatic heterocycles. The molecule has 1 aromatic heterocycles. The number of aromatic nitrogens is 1. The lowest BCUT2D eigenvalue weighted by Crippen LogP contribution is -2.52. The van der Waals surface area contributed by atoms with Gasteiger partial charge in [0.2, 0.25) is 0 Å². The summed E-state index contributed by atoms with van der Waals surface area (Å²) in [7, 11) is 0. The number of nitrogens with one attached hydrogen (secondary N) is 1. The second-order valence-corrected chi connectivity index (χ2v) is 7.47. The van der Waals surface area contributed by atoms with Crippen molar-refractivity contribution in [2.24, 2.45) is 0 Å². The smallest absolute Gasteiger partial charge is 0.355 e. The number of amides is 1. The molecule has 0 unspecified atom stereocenters. The summed E-state index contributed by atoms with van der Waals surface area (Å²) in [5.74, 6) is -0.371. The molecule has 2 fully saturated rings. The van der Waals surface area contributed by atoms with E-state index in [1.54, 1.807) is 6.92 Å². The van der Waals surface area contributed by atoms with Crippen LogP contribution in [0.2, 0.25) is 0 Å². The maximum absolute atomic E-state index is 13.1. The van der Waals surface area contributed by atoms with Gasteiger partial charge in [0.15, 0.2) is 0 Å². The Bertz CT molecular complexity index is 654. The molecule has 3 rings (SSSR count). The van der Waals surface area contributed by atoms with Crippen LogP contribution in [0.4, 0.5) is 0 Å². The quantitative estimate of drug-likeness (QED) is 0.838. The van der Waals surface area contributed by atoms with Gasteiger partial charge in [-0.25, -0.2) is 4.79 Å². The van der Waals surface area contributed by atoms with Crippen molar-refractivity contribution in [3.05, 3.63) is 22.5 Å². The number of aromatic amines is 1. The fraction of sp³-hybridized carbons (Fsp3) is 0.700. The topological polar surface area (TPSA) is 65.6 Å². The summed E-state index contributed by atoms with van der Waals surface area (Å²) < 4.78 is 5.08. The van der Waals surface area contributed by atoms with Gasteiger partial charge < -0.3 is 14.6 Å². The lowest BCUT2D eigenvalue weighted by molar-refractivity contribution is 0.0519. The highest BCUT2D eigenvalue weighted by Gasteiger charge is 2.30. The molecular formula is C20H31N3O3. The van der Waals surface area contributed by atoms with Gasteiger partial charge in [-0.3, -0.25) is 9.69 Å². The molecule has 0 radical (unpaired) electrons. The lowest BCUT2D eigenvalue weighted by Gasteiger charge is -2.40. The van der Waals surface area contributed by atoms with Gasteiger partial charge in [-0.15, -0.1) is 0 Å². The Kier molecular flexibility index (Phi) is 6.01. The molecule has 1 N–H and O–H groups in total. The highest BCUT2D eigenvalue weighted by atomic mass is 16.5. The maximum Gasteiger partial charge on any atom is 0.355 e. The lowest BCUT2D eigenvalue weighted by atomic mass is 9.94. The molecule has 1 aliphatic carbocycles. The minimum Gasteiger partial charge on any atom is -0.461 e. The van der Waals surface area contributed by atoms with Gasteiger partial charge in [-0.1, -0.05) is 19.3 Å². The van der Waals surface area contributed by atoms with E-state index in [0.717, 1.165) is 31.9 Å². The zero-order valence-corrected chi connectivity index (χ0v) is 16.3. The molecule has 2 aliphatic rings. The van der Waals surface area contributed by atoms with Crippen molar-refractivity contribution < 1.29 is 14.3 Å². The van der Waals surface area contributed by atoms with E-state index in [-0.39, 0.29) is 5.91 Å². The molecule has 1 saturated heterocycles. The van der Waals surface area contributed by atoms with Crippen LogP contribution in [0.3, 0.4) is 0 Å². The second kappa shape index (κ2) is 8.25. The van der Waals surface area contributed by atoms with Crippen molar-refractivity contribution >= 4 is 11.9 Å². The van der Waals surface area contributed by atoms with E-state index in [1.165, 1.54) is 32.1 Å². The van der Waals surface area contributed by atoms with E-state index in [0.29, 0.717) is 29.5 Å². The molecule has 2 heterocycles. The number of nitrogens with zero attached hydrogens (tertiary/aromatic N) is 2. The average molecular weight is 361 g/mol. The number of H-pyrrole nitrogens is 1. The summed E-state index contributed by atoms with van der Waals surface area (Å²) in [4.78, 5) is 32.6. The Morgan fingerprint density at radius 3 is 2.35 bits per heavy atom. The van der Waals surface area contributed by atoms with Gasteiger partial charge in [0, 0.05) is 37.9 Å². The molecule has 0 atom stereocenters. The van der Waals surface area contributed by atoms with Crippen LogP contribution in [-0.4, -0.2) is 65.5 Å². The molecule has 1 aromatic rings. The first-order chi connectivity index (χ1) is 12.5. The van der Waals surface area contributed by atoms with Crippen molar-refractivity contribution in [3.63, 3.8) is 0 Å². The van der Waals surface area contributed by atoms with E-state index in [2.05, 4.69) is 9.88 Å². The SMILES string of the molecule is CCOC(=O)c1[nH]c(C)c(C(=O)N2CCN(C3CCCCC3)CC2)c1C. The van der Waals surface area contributed by atoms with Crippen molar-refractivity contribution in [1.29, 1.82) is 0 Å². The molecule has 0 bridgehead atoms. The molecule has 6 nitrogen and oxygen atoms in total. The van der Waals surface area contributed by atoms with E-state index < -0.39 is 5.97 Å². The predicted octanol–water partition coefficient (Wildman–Crippen LogP) is 2.90. The number of hydrogen-bond donors (Lipinski definition) is 1. The average Bonchev–Trinajstić information content (AvgIpc) is 2.96. The molecule has 1 saturated carbocycles. The molecule has 26 heavy (non-hydrogen) atoms. The van der Waals surface area contributed by atoms with E-state index in [9.17, 15) is 9.59 Å². The summed E-state index contributed by atoms with van der Waals surface area (Å²) in [5, 5.41) is 0. The normalized spacial score (nSPS) is 19.6. The third-order valence-electron chi connectivity index (χ3n) is 5.82. The van der Waals surface area contributed by atoms with Gasteiger partial charge >= 0.3 is 5.97 Å².